The predicted molar refractivity (Wildman–Crippen MR) is 266 cm³/mol. The second-order valence-electron chi connectivity index (χ2n) is 18.9. The smallest absolute Gasteiger partial charge is 0.306 e. The quantitative estimate of drug-likeness (QED) is 0.0262. The highest BCUT2D eigenvalue weighted by Crippen LogP contribution is 2.17. The van der Waals surface area contributed by atoms with Gasteiger partial charge in [0.05, 0.1) is 0 Å². The van der Waals surface area contributed by atoms with E-state index in [1.807, 2.05) is 0 Å². The Morgan fingerprint density at radius 3 is 0.871 bits per heavy atom. The monoisotopic (exact) mass is 875 g/mol. The molecule has 62 heavy (non-hydrogen) atoms. The van der Waals surface area contributed by atoms with Gasteiger partial charge in [-0.3, -0.25) is 14.4 Å². The van der Waals surface area contributed by atoms with E-state index in [-0.39, 0.29) is 31.1 Å². The molecule has 0 aromatic rings. The second-order valence-corrected chi connectivity index (χ2v) is 18.9. The number of carbonyl (C=O) groups excluding carboxylic acids is 3. The van der Waals surface area contributed by atoms with E-state index < -0.39 is 6.10 Å². The van der Waals surface area contributed by atoms with Crippen LogP contribution in [0.1, 0.15) is 310 Å². The molecule has 0 amide bonds. The van der Waals surface area contributed by atoms with Gasteiger partial charge < -0.3 is 14.2 Å². The minimum Gasteiger partial charge on any atom is -0.462 e. The van der Waals surface area contributed by atoms with Crippen molar-refractivity contribution in [2.75, 3.05) is 13.2 Å². The topological polar surface area (TPSA) is 78.9 Å². The highest BCUT2D eigenvalue weighted by Gasteiger charge is 2.19. The zero-order valence-corrected chi connectivity index (χ0v) is 41.9. The third-order valence-corrected chi connectivity index (χ3v) is 12.5. The van der Waals surface area contributed by atoms with Crippen molar-refractivity contribution >= 4 is 17.9 Å². The van der Waals surface area contributed by atoms with Gasteiger partial charge in [0.25, 0.3) is 0 Å². The van der Waals surface area contributed by atoms with Crippen LogP contribution < -0.4 is 0 Å². The van der Waals surface area contributed by atoms with Crippen LogP contribution in [0.15, 0.2) is 12.2 Å². The zero-order chi connectivity index (χ0) is 45.1. The maximum Gasteiger partial charge on any atom is 0.306 e. The molecule has 0 aliphatic carbocycles. The summed E-state index contributed by atoms with van der Waals surface area (Å²) in [5.74, 6) is -0.859. The molecule has 1 unspecified atom stereocenters. The molecule has 0 saturated carbocycles. The van der Waals surface area contributed by atoms with E-state index in [2.05, 4.69) is 32.9 Å². The maximum atomic E-state index is 12.8. The second kappa shape index (κ2) is 51.8. The highest BCUT2D eigenvalue weighted by atomic mass is 16.6. The Morgan fingerprint density at radius 1 is 0.306 bits per heavy atom. The molecule has 366 valence electrons. The summed E-state index contributed by atoms with van der Waals surface area (Å²) in [6, 6.07) is 0. The van der Waals surface area contributed by atoms with Crippen LogP contribution in [-0.2, 0) is 28.6 Å². The van der Waals surface area contributed by atoms with Crippen molar-refractivity contribution < 1.29 is 28.6 Å². The van der Waals surface area contributed by atoms with Crippen LogP contribution in [0, 0.1) is 0 Å². The molecule has 0 aromatic heterocycles. The van der Waals surface area contributed by atoms with Crippen LogP contribution in [-0.4, -0.2) is 37.2 Å². The van der Waals surface area contributed by atoms with E-state index in [4.69, 9.17) is 14.2 Å². The number of ether oxygens (including phenoxy) is 3. The number of unbranched alkanes of at least 4 members (excludes halogenated alkanes) is 38. The van der Waals surface area contributed by atoms with Gasteiger partial charge in [-0.2, -0.15) is 0 Å². The largest absolute Gasteiger partial charge is 0.462 e. The fraction of sp³-hybridized carbons (Fsp3) is 0.911. The highest BCUT2D eigenvalue weighted by molar-refractivity contribution is 5.71. The third kappa shape index (κ3) is 49.2. The summed E-state index contributed by atoms with van der Waals surface area (Å²) >= 11 is 0. The van der Waals surface area contributed by atoms with Crippen molar-refractivity contribution in [3.05, 3.63) is 12.2 Å². The minimum atomic E-state index is -0.766. The van der Waals surface area contributed by atoms with E-state index in [0.717, 1.165) is 70.6 Å². The lowest BCUT2D eigenvalue weighted by Gasteiger charge is -2.18. The molecule has 0 aliphatic rings. The van der Waals surface area contributed by atoms with Gasteiger partial charge in [0.1, 0.15) is 13.2 Å². The van der Waals surface area contributed by atoms with Crippen LogP contribution in [0.25, 0.3) is 0 Å². The molecule has 0 spiro atoms. The Bertz CT molecular complexity index is 962. The number of hydrogen-bond acceptors (Lipinski definition) is 6. The van der Waals surface area contributed by atoms with Gasteiger partial charge in [0, 0.05) is 19.3 Å². The summed E-state index contributed by atoms with van der Waals surface area (Å²) in [5, 5.41) is 0. The van der Waals surface area contributed by atoms with E-state index >= 15 is 0 Å². The lowest BCUT2D eigenvalue weighted by molar-refractivity contribution is -0.167. The molecule has 0 bridgehead atoms. The summed E-state index contributed by atoms with van der Waals surface area (Å²) in [6.07, 6.45) is 57.8. The lowest BCUT2D eigenvalue weighted by atomic mass is 10.0. The lowest BCUT2D eigenvalue weighted by Crippen LogP contribution is -2.30. The maximum absolute atomic E-state index is 12.8. The first-order valence-corrected chi connectivity index (χ1v) is 27.7. The first-order valence-electron chi connectivity index (χ1n) is 27.7. The molecule has 0 fully saturated rings. The van der Waals surface area contributed by atoms with Crippen molar-refractivity contribution in [2.24, 2.45) is 0 Å². The summed E-state index contributed by atoms with van der Waals surface area (Å²) < 4.78 is 16.8. The first kappa shape index (κ1) is 60.2. The van der Waals surface area contributed by atoms with Crippen molar-refractivity contribution in [1.29, 1.82) is 0 Å². The molecule has 0 rings (SSSR count). The number of carbonyl (C=O) groups is 3. The molecule has 0 N–H and O–H groups in total. The van der Waals surface area contributed by atoms with Gasteiger partial charge in [0.15, 0.2) is 6.10 Å². The Morgan fingerprint density at radius 2 is 0.565 bits per heavy atom. The molecular weight excluding hydrogens is 769 g/mol. The van der Waals surface area contributed by atoms with Crippen LogP contribution in [0.2, 0.25) is 0 Å². The van der Waals surface area contributed by atoms with Crippen LogP contribution >= 0.6 is 0 Å². The summed E-state index contributed by atoms with van der Waals surface area (Å²) in [4.78, 5) is 37.9. The number of rotatable bonds is 51. The third-order valence-electron chi connectivity index (χ3n) is 12.5. The normalized spacial score (nSPS) is 12.0. The minimum absolute atomic E-state index is 0.0670. The van der Waals surface area contributed by atoms with Crippen LogP contribution in [0.3, 0.4) is 0 Å². The Labute approximate surface area is 386 Å². The van der Waals surface area contributed by atoms with Gasteiger partial charge in [-0.15, -0.1) is 0 Å². The molecule has 6 heteroatoms. The van der Waals surface area contributed by atoms with E-state index in [0.29, 0.717) is 19.3 Å². The van der Waals surface area contributed by atoms with Crippen molar-refractivity contribution in [3.63, 3.8) is 0 Å². The number of allylic oxidation sites excluding steroid dienone is 2. The molecular formula is C56H106O6. The average Bonchev–Trinajstić information content (AvgIpc) is 3.27. The van der Waals surface area contributed by atoms with E-state index in [1.54, 1.807) is 0 Å². The van der Waals surface area contributed by atoms with Crippen molar-refractivity contribution in [1.82, 2.24) is 0 Å². The fourth-order valence-electron chi connectivity index (χ4n) is 8.33. The summed E-state index contributed by atoms with van der Waals surface area (Å²) in [6.45, 7) is 6.62. The Balaban J connectivity index is 4.20. The molecule has 0 saturated heterocycles. The van der Waals surface area contributed by atoms with Gasteiger partial charge >= 0.3 is 17.9 Å². The van der Waals surface area contributed by atoms with Crippen molar-refractivity contribution in [3.8, 4) is 0 Å². The van der Waals surface area contributed by atoms with Crippen molar-refractivity contribution in [2.45, 2.75) is 316 Å². The van der Waals surface area contributed by atoms with Gasteiger partial charge in [-0.1, -0.05) is 264 Å². The zero-order valence-electron chi connectivity index (χ0n) is 41.9. The van der Waals surface area contributed by atoms with E-state index in [9.17, 15) is 14.4 Å². The molecule has 0 aliphatic heterocycles. The first-order chi connectivity index (χ1) is 30.5. The number of hydrogen-bond donors (Lipinski definition) is 0. The Hall–Kier alpha value is -1.85. The van der Waals surface area contributed by atoms with Crippen LogP contribution in [0.4, 0.5) is 0 Å². The SMILES string of the molecule is CCC/C=C\CCCCCCCC(=O)OCC(COC(=O)CCCCCCCCCCCCCCCCCCCCCCC)OC(=O)CCCCCCCCCCCCCCC. The molecule has 0 radical (unpaired) electrons. The predicted octanol–water partition coefficient (Wildman–Crippen LogP) is 18.2. The molecule has 0 aromatic carbocycles. The molecule has 0 heterocycles. The van der Waals surface area contributed by atoms with Gasteiger partial charge in [0.2, 0.25) is 0 Å². The standard InChI is InChI=1S/C56H106O6/c1-4-7-10-13-16-19-22-24-25-26-27-28-29-30-31-33-34-37-40-43-46-49-55(58)61-52-53(51-60-54(57)48-45-42-39-36-21-18-15-12-9-6-3)62-56(59)50-47-44-41-38-35-32-23-20-17-14-11-8-5-2/h12,15,53H,4-11,13-14,16-52H2,1-3H3/b15-12-. The number of esters is 3. The van der Waals surface area contributed by atoms with Gasteiger partial charge in [-0.25, -0.2) is 0 Å². The van der Waals surface area contributed by atoms with E-state index in [1.165, 1.54) is 199 Å². The summed E-state index contributed by atoms with van der Waals surface area (Å²) in [5.41, 5.74) is 0. The Kier molecular flexibility index (Phi) is 50.2. The average molecular weight is 875 g/mol. The van der Waals surface area contributed by atoms with Gasteiger partial charge in [-0.05, 0) is 38.5 Å². The molecule has 1 atom stereocenters. The molecule has 6 nitrogen and oxygen atoms in total. The van der Waals surface area contributed by atoms with Crippen LogP contribution in [0.5, 0.6) is 0 Å². The fourth-order valence-corrected chi connectivity index (χ4v) is 8.33. The summed E-state index contributed by atoms with van der Waals surface area (Å²) in [7, 11) is 0.